The van der Waals surface area contributed by atoms with E-state index in [0.29, 0.717) is 6.54 Å². The topological polar surface area (TPSA) is 54.1 Å². The Balaban J connectivity index is 1.73. The molecular formula is C16H20N2O2. The lowest BCUT2D eigenvalue weighted by atomic mass is 10.1. The van der Waals surface area contributed by atoms with Gasteiger partial charge >= 0.3 is 0 Å². The summed E-state index contributed by atoms with van der Waals surface area (Å²) in [6, 6.07) is 10.1. The zero-order valence-corrected chi connectivity index (χ0v) is 11.7. The summed E-state index contributed by atoms with van der Waals surface area (Å²) < 4.78 is 5.66. The van der Waals surface area contributed by atoms with E-state index in [9.17, 15) is 4.79 Å². The van der Waals surface area contributed by atoms with Crippen molar-refractivity contribution < 1.29 is 4.74 Å². The molecule has 0 aliphatic carbocycles. The molecule has 4 nitrogen and oxygen atoms in total. The molecule has 106 valence electrons. The van der Waals surface area contributed by atoms with Crippen molar-refractivity contribution in [2.24, 2.45) is 0 Å². The minimum Gasteiger partial charge on any atom is -0.377 e. The van der Waals surface area contributed by atoms with Crippen LogP contribution in [0.5, 0.6) is 0 Å². The zero-order valence-electron chi connectivity index (χ0n) is 11.7. The lowest BCUT2D eigenvalue weighted by Gasteiger charge is -2.19. The average Bonchev–Trinajstić information content (AvgIpc) is 2.99. The van der Waals surface area contributed by atoms with Gasteiger partial charge in [0.1, 0.15) is 0 Å². The van der Waals surface area contributed by atoms with E-state index >= 15 is 0 Å². The van der Waals surface area contributed by atoms with Crippen molar-refractivity contribution in [2.45, 2.75) is 38.5 Å². The predicted octanol–water partition coefficient (Wildman–Crippen LogP) is 2.19. The Kier molecular flexibility index (Phi) is 3.85. The van der Waals surface area contributed by atoms with Gasteiger partial charge < -0.3 is 15.0 Å². The smallest absolute Gasteiger partial charge is 0.252 e. The highest BCUT2D eigenvalue weighted by atomic mass is 16.5. The van der Waals surface area contributed by atoms with E-state index in [1.54, 1.807) is 0 Å². The first-order valence-corrected chi connectivity index (χ1v) is 7.20. The fourth-order valence-corrected chi connectivity index (χ4v) is 2.72. The summed E-state index contributed by atoms with van der Waals surface area (Å²) in [6.07, 6.45) is 2.50. The van der Waals surface area contributed by atoms with E-state index in [2.05, 4.69) is 17.2 Å². The summed E-state index contributed by atoms with van der Waals surface area (Å²) in [7, 11) is 0. The monoisotopic (exact) mass is 272 g/mol. The molecule has 3 rings (SSSR count). The molecule has 1 saturated heterocycles. The van der Waals surface area contributed by atoms with Crippen LogP contribution in [0.3, 0.4) is 0 Å². The molecular weight excluding hydrogens is 252 g/mol. The maximum absolute atomic E-state index is 12.0. The molecule has 1 aromatic heterocycles. The third-order valence-corrected chi connectivity index (χ3v) is 3.97. The summed E-state index contributed by atoms with van der Waals surface area (Å²) in [5, 5.41) is 4.46. The maximum Gasteiger partial charge on any atom is 0.252 e. The van der Waals surface area contributed by atoms with E-state index < -0.39 is 0 Å². The quantitative estimate of drug-likeness (QED) is 0.897. The highest BCUT2D eigenvalue weighted by Gasteiger charge is 2.21. The number of pyridine rings is 1. The van der Waals surface area contributed by atoms with E-state index in [-0.39, 0.29) is 17.7 Å². The van der Waals surface area contributed by atoms with E-state index in [0.717, 1.165) is 35.9 Å². The molecule has 2 unspecified atom stereocenters. The van der Waals surface area contributed by atoms with Crippen LogP contribution in [0.4, 0.5) is 0 Å². The SMILES string of the molecule is CC(NCc1cc2ccccc2[nH]c1=O)C1CCCO1. The lowest BCUT2D eigenvalue weighted by molar-refractivity contribution is 0.0831. The molecule has 4 heteroatoms. The van der Waals surface area contributed by atoms with Crippen LogP contribution in [0.15, 0.2) is 35.1 Å². The van der Waals surface area contributed by atoms with Gasteiger partial charge in [-0.15, -0.1) is 0 Å². The molecule has 2 N–H and O–H groups in total. The second kappa shape index (κ2) is 5.77. The van der Waals surface area contributed by atoms with Crippen LogP contribution in [0.25, 0.3) is 10.9 Å². The number of hydrogen-bond acceptors (Lipinski definition) is 3. The van der Waals surface area contributed by atoms with Gasteiger partial charge in [0.25, 0.3) is 5.56 Å². The molecule has 2 atom stereocenters. The fourth-order valence-electron chi connectivity index (χ4n) is 2.72. The van der Waals surface area contributed by atoms with Crippen molar-refractivity contribution in [1.82, 2.24) is 10.3 Å². The van der Waals surface area contributed by atoms with Crippen LogP contribution in [0, 0.1) is 0 Å². The molecule has 1 fully saturated rings. The van der Waals surface area contributed by atoms with Crippen LogP contribution in [-0.4, -0.2) is 23.7 Å². The third kappa shape index (κ3) is 2.76. The Morgan fingerprint density at radius 2 is 2.30 bits per heavy atom. The number of aromatic nitrogens is 1. The predicted molar refractivity (Wildman–Crippen MR) is 79.8 cm³/mol. The lowest BCUT2D eigenvalue weighted by Crippen LogP contribution is -2.37. The number of rotatable bonds is 4. The standard InChI is InChI=1S/C16H20N2O2/c1-11(15-7-4-8-20-15)17-10-13-9-12-5-2-3-6-14(12)18-16(13)19/h2-3,5-6,9,11,15,17H,4,7-8,10H2,1H3,(H,18,19). The Morgan fingerprint density at radius 1 is 1.45 bits per heavy atom. The van der Waals surface area contributed by atoms with E-state index in [1.165, 1.54) is 0 Å². The number of nitrogens with one attached hydrogen (secondary N) is 2. The molecule has 0 bridgehead atoms. The van der Waals surface area contributed by atoms with E-state index in [4.69, 9.17) is 4.74 Å². The summed E-state index contributed by atoms with van der Waals surface area (Å²) in [6.45, 7) is 3.54. The minimum absolute atomic E-state index is 0.0178. The Labute approximate surface area is 118 Å². The summed E-state index contributed by atoms with van der Waals surface area (Å²) in [5.41, 5.74) is 1.64. The highest BCUT2D eigenvalue weighted by Crippen LogP contribution is 2.16. The average molecular weight is 272 g/mol. The highest BCUT2D eigenvalue weighted by molar-refractivity contribution is 5.78. The van der Waals surface area contributed by atoms with Gasteiger partial charge in [0.15, 0.2) is 0 Å². The molecule has 1 aliphatic rings. The van der Waals surface area contributed by atoms with E-state index in [1.807, 2.05) is 30.3 Å². The summed E-state index contributed by atoms with van der Waals surface area (Å²) in [4.78, 5) is 15.0. The molecule has 0 radical (unpaired) electrons. The summed E-state index contributed by atoms with van der Waals surface area (Å²) in [5.74, 6) is 0. The van der Waals surface area contributed by atoms with Crippen molar-refractivity contribution in [3.8, 4) is 0 Å². The number of ether oxygens (including phenoxy) is 1. The first kappa shape index (κ1) is 13.3. The maximum atomic E-state index is 12.0. The number of H-pyrrole nitrogens is 1. The Bertz CT molecular complexity index is 644. The van der Waals surface area contributed by atoms with Gasteiger partial charge in [-0.1, -0.05) is 18.2 Å². The normalized spacial score (nSPS) is 20.4. The molecule has 1 aliphatic heterocycles. The molecule has 0 saturated carbocycles. The second-order valence-corrected chi connectivity index (χ2v) is 5.43. The minimum atomic E-state index is -0.0178. The first-order chi connectivity index (χ1) is 9.74. The number of hydrogen-bond donors (Lipinski definition) is 2. The number of aromatic amines is 1. The molecule has 1 aromatic carbocycles. The number of benzene rings is 1. The molecule has 2 heterocycles. The van der Waals surface area contributed by atoms with Gasteiger partial charge in [-0.05, 0) is 37.3 Å². The molecule has 0 amide bonds. The van der Waals surface area contributed by atoms with Gasteiger partial charge in [0.05, 0.1) is 6.10 Å². The van der Waals surface area contributed by atoms with Gasteiger partial charge in [-0.3, -0.25) is 4.79 Å². The van der Waals surface area contributed by atoms with Crippen LogP contribution >= 0.6 is 0 Å². The van der Waals surface area contributed by atoms with Gasteiger partial charge in [-0.25, -0.2) is 0 Å². The zero-order chi connectivity index (χ0) is 13.9. The van der Waals surface area contributed by atoms with Crippen LogP contribution < -0.4 is 10.9 Å². The van der Waals surface area contributed by atoms with Crippen molar-refractivity contribution >= 4 is 10.9 Å². The molecule has 2 aromatic rings. The first-order valence-electron chi connectivity index (χ1n) is 7.20. The van der Waals surface area contributed by atoms with Crippen molar-refractivity contribution in [2.75, 3.05) is 6.61 Å². The van der Waals surface area contributed by atoms with Crippen LogP contribution in [0.2, 0.25) is 0 Å². The second-order valence-electron chi connectivity index (χ2n) is 5.43. The molecule has 20 heavy (non-hydrogen) atoms. The largest absolute Gasteiger partial charge is 0.377 e. The summed E-state index contributed by atoms with van der Waals surface area (Å²) >= 11 is 0. The number of fused-ring (bicyclic) bond motifs is 1. The number of para-hydroxylation sites is 1. The Hall–Kier alpha value is -1.65. The fraction of sp³-hybridized carbons (Fsp3) is 0.438. The van der Waals surface area contributed by atoms with Gasteiger partial charge in [-0.2, -0.15) is 0 Å². The van der Waals surface area contributed by atoms with Crippen molar-refractivity contribution in [3.63, 3.8) is 0 Å². The van der Waals surface area contributed by atoms with Crippen molar-refractivity contribution in [1.29, 1.82) is 0 Å². The van der Waals surface area contributed by atoms with Crippen LogP contribution in [-0.2, 0) is 11.3 Å². The van der Waals surface area contributed by atoms with Gasteiger partial charge in [0.2, 0.25) is 0 Å². The molecule has 0 spiro atoms. The third-order valence-electron chi connectivity index (χ3n) is 3.97. The van der Waals surface area contributed by atoms with Gasteiger partial charge in [0, 0.05) is 30.3 Å². The van der Waals surface area contributed by atoms with Crippen LogP contribution in [0.1, 0.15) is 25.3 Å². The van der Waals surface area contributed by atoms with Crippen molar-refractivity contribution in [3.05, 3.63) is 46.2 Å². The Morgan fingerprint density at radius 3 is 3.10 bits per heavy atom.